The van der Waals surface area contributed by atoms with E-state index in [1.165, 1.54) is 11.1 Å². The van der Waals surface area contributed by atoms with Gasteiger partial charge in [0.25, 0.3) is 5.91 Å². The number of aromatic nitrogens is 1. The van der Waals surface area contributed by atoms with Crippen LogP contribution in [0.4, 0.5) is 0 Å². The van der Waals surface area contributed by atoms with Crippen LogP contribution in [0.3, 0.4) is 0 Å². The summed E-state index contributed by atoms with van der Waals surface area (Å²) in [6.07, 6.45) is 3.39. The number of nitrogens with one attached hydrogen (secondary N) is 1. The smallest absolute Gasteiger partial charge is 0.254 e. The Hall–Kier alpha value is -3.18. The maximum absolute atomic E-state index is 11.6. The normalized spacial score (nSPS) is 10.6. The lowest BCUT2D eigenvalue weighted by molar-refractivity contribution is 0.0997. The number of primary amides is 1. The number of amides is 1. The fraction of sp³-hybridized carbons (Fsp3) is 0.217. The van der Waals surface area contributed by atoms with Crippen LogP contribution in [0.5, 0.6) is 11.6 Å². The monoisotopic (exact) mass is 375 g/mol. The second-order valence-corrected chi connectivity index (χ2v) is 6.53. The number of aryl methyl sites for hydroxylation is 1. The number of hydrogen-bond donors (Lipinski definition) is 2. The maximum Gasteiger partial charge on any atom is 0.254 e. The van der Waals surface area contributed by atoms with Gasteiger partial charge in [-0.1, -0.05) is 49.4 Å². The number of carbonyl (C=O) groups is 1. The Balaban J connectivity index is 1.63. The largest absolute Gasteiger partial charge is 0.438 e. The summed E-state index contributed by atoms with van der Waals surface area (Å²) in [6, 6.07) is 19.8. The third-order valence-corrected chi connectivity index (χ3v) is 4.51. The molecule has 144 valence electrons. The van der Waals surface area contributed by atoms with E-state index in [-0.39, 0.29) is 11.4 Å². The van der Waals surface area contributed by atoms with Crippen LogP contribution in [0.2, 0.25) is 0 Å². The van der Waals surface area contributed by atoms with Crippen LogP contribution < -0.4 is 15.8 Å². The van der Waals surface area contributed by atoms with Gasteiger partial charge in [0.2, 0.25) is 5.88 Å². The maximum atomic E-state index is 11.6. The van der Waals surface area contributed by atoms with Crippen LogP contribution in [-0.4, -0.2) is 17.4 Å². The molecule has 0 radical (unpaired) electrons. The first-order chi connectivity index (χ1) is 13.7. The summed E-state index contributed by atoms with van der Waals surface area (Å²) in [7, 11) is 0. The number of rotatable bonds is 9. The van der Waals surface area contributed by atoms with Crippen molar-refractivity contribution in [1.82, 2.24) is 10.3 Å². The van der Waals surface area contributed by atoms with Crippen LogP contribution >= 0.6 is 0 Å². The van der Waals surface area contributed by atoms with E-state index < -0.39 is 5.91 Å². The molecule has 2 aromatic carbocycles. The first kappa shape index (κ1) is 19.6. The number of nitrogens with zero attached hydrogens (tertiary/aromatic N) is 1. The van der Waals surface area contributed by atoms with Crippen molar-refractivity contribution in [2.75, 3.05) is 6.54 Å². The number of nitrogens with two attached hydrogens (primary N) is 1. The molecular weight excluding hydrogens is 350 g/mol. The molecule has 3 N–H and O–H groups in total. The highest BCUT2D eigenvalue weighted by Gasteiger charge is 2.13. The molecule has 0 aliphatic heterocycles. The number of hydrogen-bond acceptors (Lipinski definition) is 4. The van der Waals surface area contributed by atoms with Crippen molar-refractivity contribution in [3.63, 3.8) is 0 Å². The van der Waals surface area contributed by atoms with Gasteiger partial charge in [-0.05, 0) is 54.3 Å². The molecule has 28 heavy (non-hydrogen) atoms. The van der Waals surface area contributed by atoms with E-state index >= 15 is 0 Å². The van der Waals surface area contributed by atoms with Crippen molar-refractivity contribution in [3.8, 4) is 11.6 Å². The summed E-state index contributed by atoms with van der Waals surface area (Å²) >= 11 is 0. The van der Waals surface area contributed by atoms with Crippen LogP contribution in [0.1, 0.15) is 34.0 Å². The zero-order valence-electron chi connectivity index (χ0n) is 16.0. The molecule has 5 heteroatoms. The molecule has 3 aromatic rings. The quantitative estimate of drug-likeness (QED) is 0.557. The van der Waals surface area contributed by atoms with Gasteiger partial charge < -0.3 is 15.8 Å². The first-order valence-corrected chi connectivity index (χ1v) is 9.46. The summed E-state index contributed by atoms with van der Waals surface area (Å²) in [5, 5.41) is 3.48. The number of carbonyl (C=O) groups excluding carboxylic acids is 1. The summed E-state index contributed by atoms with van der Waals surface area (Å²) in [5.41, 5.74) is 9.25. The predicted molar refractivity (Wildman–Crippen MR) is 111 cm³/mol. The second-order valence-electron chi connectivity index (χ2n) is 6.53. The molecule has 0 fully saturated rings. The molecular formula is C23H25N3O2. The van der Waals surface area contributed by atoms with Crippen LogP contribution in [0.15, 0.2) is 66.9 Å². The van der Waals surface area contributed by atoms with Gasteiger partial charge in [0.05, 0.1) is 0 Å². The Morgan fingerprint density at radius 2 is 1.89 bits per heavy atom. The SMILES string of the molecule is CCc1cc(CNCCc2ccccc2)ccc1Oc1ncccc1C(N)=O. The highest BCUT2D eigenvalue weighted by atomic mass is 16.5. The van der Waals surface area contributed by atoms with Gasteiger partial charge in [-0.3, -0.25) is 4.79 Å². The number of benzene rings is 2. The molecule has 0 unspecified atom stereocenters. The Bertz CT molecular complexity index is 926. The van der Waals surface area contributed by atoms with E-state index in [1.807, 2.05) is 18.2 Å². The van der Waals surface area contributed by atoms with Gasteiger partial charge in [0, 0.05) is 12.7 Å². The van der Waals surface area contributed by atoms with E-state index in [4.69, 9.17) is 10.5 Å². The molecule has 0 aliphatic carbocycles. The number of ether oxygens (including phenoxy) is 1. The Kier molecular flexibility index (Phi) is 6.76. The van der Waals surface area contributed by atoms with Gasteiger partial charge >= 0.3 is 0 Å². The molecule has 0 bridgehead atoms. The van der Waals surface area contributed by atoms with Crippen molar-refractivity contribution in [1.29, 1.82) is 0 Å². The van der Waals surface area contributed by atoms with Gasteiger partial charge in [-0.25, -0.2) is 4.98 Å². The lowest BCUT2D eigenvalue weighted by atomic mass is 10.1. The van der Waals surface area contributed by atoms with Crippen LogP contribution in [0, 0.1) is 0 Å². The zero-order chi connectivity index (χ0) is 19.8. The van der Waals surface area contributed by atoms with Gasteiger partial charge in [0.15, 0.2) is 0 Å². The first-order valence-electron chi connectivity index (χ1n) is 9.46. The lowest BCUT2D eigenvalue weighted by Crippen LogP contribution is -2.16. The van der Waals surface area contributed by atoms with Crippen LogP contribution in [0.25, 0.3) is 0 Å². The van der Waals surface area contributed by atoms with E-state index in [1.54, 1.807) is 18.3 Å². The molecule has 1 aromatic heterocycles. The van der Waals surface area contributed by atoms with Gasteiger partial charge in [-0.2, -0.15) is 0 Å². The van der Waals surface area contributed by atoms with Crippen molar-refractivity contribution in [3.05, 3.63) is 89.1 Å². The third-order valence-electron chi connectivity index (χ3n) is 4.51. The molecule has 0 saturated heterocycles. The Morgan fingerprint density at radius 1 is 1.07 bits per heavy atom. The van der Waals surface area contributed by atoms with E-state index in [9.17, 15) is 4.79 Å². The summed E-state index contributed by atoms with van der Waals surface area (Å²) < 4.78 is 5.90. The average molecular weight is 375 g/mol. The second kappa shape index (κ2) is 9.67. The molecule has 1 heterocycles. The summed E-state index contributed by atoms with van der Waals surface area (Å²) in [5.74, 6) is 0.371. The van der Waals surface area contributed by atoms with E-state index in [0.717, 1.165) is 31.5 Å². The minimum absolute atomic E-state index is 0.235. The lowest BCUT2D eigenvalue weighted by Gasteiger charge is -2.13. The summed E-state index contributed by atoms with van der Waals surface area (Å²) in [4.78, 5) is 15.7. The van der Waals surface area contributed by atoms with Gasteiger partial charge in [0.1, 0.15) is 11.3 Å². The van der Waals surface area contributed by atoms with Crippen molar-refractivity contribution in [2.24, 2.45) is 5.73 Å². The average Bonchev–Trinajstić information content (AvgIpc) is 2.73. The molecule has 0 spiro atoms. The fourth-order valence-electron chi connectivity index (χ4n) is 2.99. The predicted octanol–water partition coefficient (Wildman–Crippen LogP) is 3.87. The van der Waals surface area contributed by atoms with Crippen LogP contribution in [-0.2, 0) is 19.4 Å². The molecule has 0 saturated carbocycles. The Labute approximate surface area is 165 Å². The van der Waals surface area contributed by atoms with E-state index in [2.05, 4.69) is 47.6 Å². The van der Waals surface area contributed by atoms with Gasteiger partial charge in [-0.15, -0.1) is 0 Å². The highest BCUT2D eigenvalue weighted by molar-refractivity contribution is 5.95. The van der Waals surface area contributed by atoms with Crippen molar-refractivity contribution in [2.45, 2.75) is 26.3 Å². The molecule has 5 nitrogen and oxygen atoms in total. The molecule has 1 amide bonds. The molecule has 3 rings (SSSR count). The molecule has 0 atom stereocenters. The van der Waals surface area contributed by atoms with E-state index in [0.29, 0.717) is 5.75 Å². The number of pyridine rings is 1. The van der Waals surface area contributed by atoms with Crippen molar-refractivity contribution >= 4 is 5.91 Å². The molecule has 0 aliphatic rings. The third kappa shape index (κ3) is 5.18. The Morgan fingerprint density at radius 3 is 2.64 bits per heavy atom. The topological polar surface area (TPSA) is 77.2 Å². The minimum Gasteiger partial charge on any atom is -0.438 e. The highest BCUT2D eigenvalue weighted by Crippen LogP contribution is 2.27. The zero-order valence-corrected chi connectivity index (χ0v) is 16.0. The fourth-order valence-corrected chi connectivity index (χ4v) is 2.99. The van der Waals surface area contributed by atoms with Crippen molar-refractivity contribution < 1.29 is 9.53 Å². The standard InChI is InChI=1S/C23H25N3O2/c1-2-19-15-18(16-25-14-12-17-7-4-3-5-8-17)10-11-21(19)28-23-20(22(24)27)9-6-13-26-23/h3-11,13,15,25H,2,12,14,16H2,1H3,(H2,24,27). The minimum atomic E-state index is -0.555. The summed E-state index contributed by atoms with van der Waals surface area (Å²) in [6.45, 7) is 3.78.